The Kier molecular flexibility index (Phi) is 5.46. The minimum Gasteiger partial charge on any atom is -0.383 e. The predicted molar refractivity (Wildman–Crippen MR) is 83.7 cm³/mol. The van der Waals surface area contributed by atoms with Gasteiger partial charge in [-0.05, 0) is 18.2 Å². The number of para-hydroxylation sites is 1. The maximum atomic E-state index is 12.3. The maximum Gasteiger partial charge on any atom is 0.257 e. The first-order valence-corrected chi connectivity index (χ1v) is 6.73. The number of carbonyl (C=O) groups is 1. The normalized spacial score (nSPS) is 9.82. The Hall–Kier alpha value is -2.91. The van der Waals surface area contributed by atoms with E-state index < -0.39 is 0 Å². The molecule has 0 bridgehead atoms. The third-order valence-electron chi connectivity index (χ3n) is 2.93. The largest absolute Gasteiger partial charge is 0.383 e. The first kappa shape index (κ1) is 15.5. The molecule has 0 radical (unpaired) electrons. The molecule has 0 aliphatic carbocycles. The van der Waals surface area contributed by atoms with Gasteiger partial charge in [0.25, 0.3) is 5.91 Å². The summed E-state index contributed by atoms with van der Waals surface area (Å²) in [6.45, 7) is 1.19. The number of aromatic nitrogens is 1. The molecule has 112 valence electrons. The van der Waals surface area contributed by atoms with Gasteiger partial charge in [0.2, 0.25) is 0 Å². The summed E-state index contributed by atoms with van der Waals surface area (Å²) in [6.07, 6.45) is 3.11. The van der Waals surface area contributed by atoms with Gasteiger partial charge in [-0.1, -0.05) is 12.1 Å². The number of nitrogens with zero attached hydrogens (tertiary/aromatic N) is 2. The van der Waals surface area contributed by atoms with Crippen LogP contribution in [0.5, 0.6) is 0 Å². The number of rotatable bonds is 6. The van der Waals surface area contributed by atoms with E-state index in [9.17, 15) is 4.79 Å². The van der Waals surface area contributed by atoms with Crippen LogP contribution in [0.4, 0.5) is 11.4 Å². The lowest BCUT2D eigenvalue weighted by atomic mass is 10.2. The number of ether oxygens (including phenoxy) is 1. The zero-order chi connectivity index (χ0) is 15.8. The number of pyridine rings is 1. The minimum atomic E-state index is -0.314. The Morgan fingerprint density at radius 3 is 2.95 bits per heavy atom. The van der Waals surface area contributed by atoms with E-state index >= 15 is 0 Å². The van der Waals surface area contributed by atoms with Crippen molar-refractivity contribution in [3.05, 3.63) is 53.9 Å². The fourth-order valence-corrected chi connectivity index (χ4v) is 1.84. The van der Waals surface area contributed by atoms with Crippen LogP contribution in [-0.4, -0.2) is 31.2 Å². The maximum absolute atomic E-state index is 12.3. The second kappa shape index (κ2) is 7.76. The Labute approximate surface area is 128 Å². The molecule has 1 aromatic heterocycles. The molecule has 0 saturated carbocycles. The van der Waals surface area contributed by atoms with Gasteiger partial charge in [0.05, 0.1) is 29.1 Å². The zero-order valence-corrected chi connectivity index (χ0v) is 12.2. The van der Waals surface area contributed by atoms with E-state index in [0.29, 0.717) is 30.0 Å². The quantitative estimate of drug-likeness (QED) is 0.798. The van der Waals surface area contributed by atoms with Gasteiger partial charge in [-0.15, -0.1) is 0 Å². The van der Waals surface area contributed by atoms with Crippen LogP contribution in [0.3, 0.4) is 0 Å². The van der Waals surface area contributed by atoms with Crippen molar-refractivity contribution in [3.63, 3.8) is 0 Å². The summed E-state index contributed by atoms with van der Waals surface area (Å²) in [6, 6.07) is 10.6. The van der Waals surface area contributed by atoms with E-state index in [0.717, 1.165) is 5.69 Å². The molecule has 2 aromatic rings. The molecule has 1 aromatic carbocycles. The third kappa shape index (κ3) is 4.04. The summed E-state index contributed by atoms with van der Waals surface area (Å²) in [5, 5.41) is 14.9. The molecule has 0 saturated heterocycles. The Balaban J connectivity index is 2.09. The van der Waals surface area contributed by atoms with Crippen LogP contribution >= 0.6 is 0 Å². The van der Waals surface area contributed by atoms with E-state index in [2.05, 4.69) is 15.6 Å². The van der Waals surface area contributed by atoms with Crippen molar-refractivity contribution < 1.29 is 9.53 Å². The van der Waals surface area contributed by atoms with Gasteiger partial charge in [0.1, 0.15) is 6.07 Å². The van der Waals surface area contributed by atoms with Crippen LogP contribution in [-0.2, 0) is 4.74 Å². The van der Waals surface area contributed by atoms with Crippen molar-refractivity contribution in [2.45, 2.75) is 0 Å². The van der Waals surface area contributed by atoms with E-state index in [4.69, 9.17) is 10.00 Å². The first-order chi connectivity index (χ1) is 10.7. The van der Waals surface area contributed by atoms with Gasteiger partial charge in [-0.2, -0.15) is 5.26 Å². The Morgan fingerprint density at radius 1 is 1.36 bits per heavy atom. The molecule has 22 heavy (non-hydrogen) atoms. The summed E-state index contributed by atoms with van der Waals surface area (Å²) >= 11 is 0. The minimum absolute atomic E-state index is 0.314. The number of hydrogen-bond acceptors (Lipinski definition) is 5. The van der Waals surface area contributed by atoms with Crippen LogP contribution in [0.15, 0.2) is 42.7 Å². The van der Waals surface area contributed by atoms with Gasteiger partial charge in [0.15, 0.2) is 0 Å². The van der Waals surface area contributed by atoms with Crippen LogP contribution in [0.1, 0.15) is 15.9 Å². The molecule has 0 aliphatic heterocycles. The number of amides is 1. The number of hydrogen-bond donors (Lipinski definition) is 2. The fraction of sp³-hybridized carbons (Fsp3) is 0.188. The smallest absolute Gasteiger partial charge is 0.257 e. The van der Waals surface area contributed by atoms with Crippen molar-refractivity contribution in [1.29, 1.82) is 5.26 Å². The number of benzene rings is 1. The molecule has 1 amide bonds. The summed E-state index contributed by atoms with van der Waals surface area (Å²) in [7, 11) is 1.62. The highest BCUT2D eigenvalue weighted by Gasteiger charge is 2.09. The molecular formula is C16H16N4O2. The van der Waals surface area contributed by atoms with Crippen LogP contribution in [0, 0.1) is 11.3 Å². The van der Waals surface area contributed by atoms with Crippen molar-refractivity contribution in [2.75, 3.05) is 30.9 Å². The first-order valence-electron chi connectivity index (χ1n) is 6.73. The zero-order valence-electron chi connectivity index (χ0n) is 12.2. The molecule has 2 rings (SSSR count). The Morgan fingerprint density at radius 2 is 2.18 bits per heavy atom. The van der Waals surface area contributed by atoms with Gasteiger partial charge in [-0.25, -0.2) is 0 Å². The molecule has 0 atom stereocenters. The molecule has 2 N–H and O–H groups in total. The van der Waals surface area contributed by atoms with Crippen molar-refractivity contribution in [3.8, 4) is 6.07 Å². The highest BCUT2D eigenvalue weighted by molar-refractivity contribution is 6.05. The summed E-state index contributed by atoms with van der Waals surface area (Å²) < 4.78 is 4.95. The highest BCUT2D eigenvalue weighted by atomic mass is 16.5. The fourth-order valence-electron chi connectivity index (χ4n) is 1.84. The van der Waals surface area contributed by atoms with E-state index in [1.807, 2.05) is 6.07 Å². The predicted octanol–water partition coefficient (Wildman–Crippen LogP) is 2.26. The molecule has 0 unspecified atom stereocenters. The molecule has 0 fully saturated rings. The summed E-state index contributed by atoms with van der Waals surface area (Å²) in [5.41, 5.74) is 2.04. The summed E-state index contributed by atoms with van der Waals surface area (Å²) in [4.78, 5) is 16.3. The SMILES string of the molecule is COCCNc1cncc(C(=O)Nc2ccccc2C#N)c1. The molecule has 0 spiro atoms. The highest BCUT2D eigenvalue weighted by Crippen LogP contribution is 2.16. The van der Waals surface area contributed by atoms with Crippen molar-refractivity contribution in [1.82, 2.24) is 4.98 Å². The average Bonchev–Trinajstić information content (AvgIpc) is 2.56. The second-order valence-electron chi connectivity index (χ2n) is 4.49. The lowest BCUT2D eigenvalue weighted by molar-refractivity contribution is 0.102. The molecule has 1 heterocycles. The standard InChI is InChI=1S/C16H16N4O2/c1-22-7-6-19-14-8-13(10-18-11-14)16(21)20-15-5-3-2-4-12(15)9-17/h2-5,8,10-11,19H,6-7H2,1H3,(H,20,21). The van der Waals surface area contributed by atoms with E-state index in [-0.39, 0.29) is 5.91 Å². The van der Waals surface area contributed by atoms with Crippen LogP contribution in [0.25, 0.3) is 0 Å². The average molecular weight is 296 g/mol. The van der Waals surface area contributed by atoms with Crippen molar-refractivity contribution in [2.24, 2.45) is 0 Å². The molecule has 6 nitrogen and oxygen atoms in total. The number of anilines is 2. The lowest BCUT2D eigenvalue weighted by Crippen LogP contribution is -2.14. The number of methoxy groups -OCH3 is 1. The Bertz CT molecular complexity index is 695. The van der Waals surface area contributed by atoms with Gasteiger partial charge in [0, 0.05) is 26.0 Å². The number of nitrogens with one attached hydrogen (secondary N) is 2. The molecule has 0 aliphatic rings. The van der Waals surface area contributed by atoms with Crippen molar-refractivity contribution >= 4 is 17.3 Å². The van der Waals surface area contributed by atoms with Gasteiger partial charge < -0.3 is 15.4 Å². The van der Waals surface area contributed by atoms with E-state index in [1.54, 1.807) is 43.6 Å². The topological polar surface area (TPSA) is 87.0 Å². The van der Waals surface area contributed by atoms with Crippen LogP contribution < -0.4 is 10.6 Å². The molecular weight excluding hydrogens is 280 g/mol. The summed E-state index contributed by atoms with van der Waals surface area (Å²) in [5.74, 6) is -0.314. The molecule has 6 heteroatoms. The number of carbonyl (C=O) groups excluding carboxylic acids is 1. The lowest BCUT2D eigenvalue weighted by Gasteiger charge is -2.09. The van der Waals surface area contributed by atoms with Gasteiger partial charge in [-0.3, -0.25) is 9.78 Å². The second-order valence-corrected chi connectivity index (χ2v) is 4.49. The third-order valence-corrected chi connectivity index (χ3v) is 2.93. The van der Waals surface area contributed by atoms with Gasteiger partial charge >= 0.3 is 0 Å². The number of nitriles is 1. The van der Waals surface area contributed by atoms with E-state index in [1.165, 1.54) is 6.20 Å². The van der Waals surface area contributed by atoms with Crippen LogP contribution in [0.2, 0.25) is 0 Å². The monoisotopic (exact) mass is 296 g/mol.